The van der Waals surface area contributed by atoms with Gasteiger partial charge in [-0.05, 0) is 40.9 Å². The van der Waals surface area contributed by atoms with Gasteiger partial charge in [-0.15, -0.1) is 0 Å². The van der Waals surface area contributed by atoms with Crippen LogP contribution in [0.5, 0.6) is 0 Å². The molecule has 2 atom stereocenters. The van der Waals surface area contributed by atoms with E-state index in [0.717, 1.165) is 26.1 Å². The van der Waals surface area contributed by atoms with Gasteiger partial charge in [-0.2, -0.15) is 0 Å². The molecule has 1 rings (SSSR count). The Hall–Kier alpha value is -0.610. The molecule has 4 heteroatoms. The van der Waals surface area contributed by atoms with Gasteiger partial charge >= 0.3 is 0 Å². The third-order valence-corrected chi connectivity index (χ3v) is 2.93. The molecule has 1 heterocycles. The molecule has 2 N–H and O–H groups in total. The van der Waals surface area contributed by atoms with Crippen molar-refractivity contribution in [2.24, 2.45) is 5.41 Å². The summed E-state index contributed by atoms with van der Waals surface area (Å²) in [7, 11) is 4.03. The normalized spacial score (nSPS) is 28.1. The number of nitrogens with zero attached hydrogens (tertiary/aromatic N) is 1. The number of carbonyl (C=O) groups excluding carboxylic acids is 1. The van der Waals surface area contributed by atoms with Crippen LogP contribution in [0.3, 0.4) is 0 Å². The highest BCUT2D eigenvalue weighted by molar-refractivity contribution is 5.83. The number of nitrogens with one attached hydrogen (secondary N) is 2. The number of hydrogen-bond donors (Lipinski definition) is 2. The Labute approximate surface area is 92.4 Å². The zero-order valence-corrected chi connectivity index (χ0v) is 10.3. The smallest absolute Gasteiger partial charge is 0.227 e. The number of amides is 1. The van der Waals surface area contributed by atoms with Gasteiger partial charge in [-0.3, -0.25) is 4.79 Å². The van der Waals surface area contributed by atoms with Gasteiger partial charge in [0.2, 0.25) is 5.91 Å². The topological polar surface area (TPSA) is 44.4 Å². The second kappa shape index (κ2) is 4.94. The highest BCUT2D eigenvalue weighted by Crippen LogP contribution is 2.24. The van der Waals surface area contributed by atoms with Crippen LogP contribution in [0.2, 0.25) is 0 Å². The van der Waals surface area contributed by atoms with Crippen LogP contribution in [-0.2, 0) is 4.79 Å². The summed E-state index contributed by atoms with van der Waals surface area (Å²) in [6.07, 6.45) is 0.938. The molecule has 0 spiro atoms. The summed E-state index contributed by atoms with van der Waals surface area (Å²) in [5.74, 6) is 0.182. The van der Waals surface area contributed by atoms with Crippen molar-refractivity contribution in [1.82, 2.24) is 15.5 Å². The maximum absolute atomic E-state index is 12.0. The Bertz CT molecular complexity index is 222. The molecule has 1 fully saturated rings. The van der Waals surface area contributed by atoms with Crippen LogP contribution in [0.15, 0.2) is 0 Å². The van der Waals surface area contributed by atoms with Crippen LogP contribution >= 0.6 is 0 Å². The zero-order valence-electron chi connectivity index (χ0n) is 10.3. The lowest BCUT2D eigenvalue weighted by Gasteiger charge is -2.25. The number of carbonyl (C=O) groups is 1. The number of rotatable bonds is 4. The Morgan fingerprint density at radius 3 is 2.73 bits per heavy atom. The van der Waals surface area contributed by atoms with Crippen molar-refractivity contribution in [1.29, 1.82) is 0 Å². The first-order valence-electron chi connectivity index (χ1n) is 5.60. The average Bonchev–Trinajstić information content (AvgIpc) is 2.51. The minimum atomic E-state index is -0.208. The van der Waals surface area contributed by atoms with Crippen molar-refractivity contribution in [2.75, 3.05) is 33.7 Å². The molecule has 1 amide bonds. The molecule has 0 bridgehead atoms. The summed E-state index contributed by atoms with van der Waals surface area (Å²) < 4.78 is 0. The first-order chi connectivity index (χ1) is 6.94. The van der Waals surface area contributed by atoms with Gasteiger partial charge in [-0.1, -0.05) is 0 Å². The first kappa shape index (κ1) is 12.5. The van der Waals surface area contributed by atoms with E-state index in [0.29, 0.717) is 0 Å². The quantitative estimate of drug-likeness (QED) is 0.694. The van der Waals surface area contributed by atoms with E-state index in [-0.39, 0.29) is 17.4 Å². The summed E-state index contributed by atoms with van der Waals surface area (Å²) in [6.45, 7) is 6.71. The molecule has 0 saturated carbocycles. The second-order valence-electron chi connectivity index (χ2n) is 5.12. The number of hydrogen-bond acceptors (Lipinski definition) is 3. The lowest BCUT2D eigenvalue weighted by molar-refractivity contribution is -0.129. The minimum absolute atomic E-state index is 0.182. The maximum atomic E-state index is 12.0. The Morgan fingerprint density at radius 1 is 1.60 bits per heavy atom. The third kappa shape index (κ3) is 3.47. The molecule has 2 unspecified atom stereocenters. The van der Waals surface area contributed by atoms with Crippen molar-refractivity contribution < 1.29 is 4.79 Å². The summed E-state index contributed by atoms with van der Waals surface area (Å²) in [4.78, 5) is 14.1. The van der Waals surface area contributed by atoms with Crippen LogP contribution in [0, 0.1) is 5.41 Å². The third-order valence-electron chi connectivity index (χ3n) is 2.93. The first-order valence-corrected chi connectivity index (χ1v) is 5.60. The van der Waals surface area contributed by atoms with Gasteiger partial charge in [0.05, 0.1) is 5.41 Å². The van der Waals surface area contributed by atoms with Gasteiger partial charge in [-0.25, -0.2) is 0 Å². The van der Waals surface area contributed by atoms with E-state index in [2.05, 4.69) is 15.5 Å². The second-order valence-corrected chi connectivity index (χ2v) is 5.12. The molecule has 0 aromatic carbocycles. The van der Waals surface area contributed by atoms with E-state index < -0.39 is 0 Å². The van der Waals surface area contributed by atoms with Crippen molar-refractivity contribution in [3.05, 3.63) is 0 Å². The van der Waals surface area contributed by atoms with Crippen molar-refractivity contribution in [3.63, 3.8) is 0 Å². The Balaban J connectivity index is 2.40. The molecule has 0 radical (unpaired) electrons. The highest BCUT2D eigenvalue weighted by Gasteiger charge is 2.36. The Morgan fingerprint density at radius 2 is 2.27 bits per heavy atom. The molecule has 1 aliphatic heterocycles. The molecule has 0 aliphatic carbocycles. The van der Waals surface area contributed by atoms with Gasteiger partial charge in [0.1, 0.15) is 0 Å². The van der Waals surface area contributed by atoms with E-state index in [1.54, 1.807) is 0 Å². The van der Waals surface area contributed by atoms with Crippen LogP contribution in [-0.4, -0.2) is 50.6 Å². The molecule has 0 aromatic rings. The van der Waals surface area contributed by atoms with E-state index in [9.17, 15) is 4.79 Å². The van der Waals surface area contributed by atoms with E-state index >= 15 is 0 Å². The van der Waals surface area contributed by atoms with Crippen molar-refractivity contribution in [3.8, 4) is 0 Å². The van der Waals surface area contributed by atoms with Crippen LogP contribution in [0.25, 0.3) is 0 Å². The van der Waals surface area contributed by atoms with Crippen LogP contribution in [0.1, 0.15) is 20.3 Å². The zero-order chi connectivity index (χ0) is 11.5. The fourth-order valence-electron chi connectivity index (χ4n) is 2.00. The van der Waals surface area contributed by atoms with Gasteiger partial charge < -0.3 is 15.5 Å². The summed E-state index contributed by atoms with van der Waals surface area (Å²) >= 11 is 0. The highest BCUT2D eigenvalue weighted by atomic mass is 16.2. The lowest BCUT2D eigenvalue weighted by atomic mass is 9.88. The monoisotopic (exact) mass is 213 g/mol. The van der Waals surface area contributed by atoms with Crippen LogP contribution < -0.4 is 10.6 Å². The fraction of sp³-hybridized carbons (Fsp3) is 0.909. The fourth-order valence-corrected chi connectivity index (χ4v) is 2.00. The maximum Gasteiger partial charge on any atom is 0.227 e. The molecule has 4 nitrogen and oxygen atoms in total. The molecular weight excluding hydrogens is 190 g/mol. The SMILES string of the molecule is CC(CN(C)C)NC(=O)C1(C)CCNC1. The van der Waals surface area contributed by atoms with Crippen molar-refractivity contribution >= 4 is 5.91 Å². The summed E-state index contributed by atoms with van der Waals surface area (Å²) in [5, 5.41) is 6.31. The summed E-state index contributed by atoms with van der Waals surface area (Å²) in [6, 6.07) is 0.213. The van der Waals surface area contributed by atoms with E-state index in [1.807, 2.05) is 27.9 Å². The Kier molecular flexibility index (Phi) is 4.11. The predicted molar refractivity (Wildman–Crippen MR) is 61.8 cm³/mol. The van der Waals surface area contributed by atoms with Crippen LogP contribution in [0.4, 0.5) is 0 Å². The van der Waals surface area contributed by atoms with Gasteiger partial charge in [0, 0.05) is 19.1 Å². The number of likely N-dealkylation sites (N-methyl/N-ethyl adjacent to an activating group) is 1. The lowest BCUT2D eigenvalue weighted by Crippen LogP contribution is -2.47. The van der Waals surface area contributed by atoms with Crippen molar-refractivity contribution in [2.45, 2.75) is 26.3 Å². The molecule has 1 aliphatic rings. The average molecular weight is 213 g/mol. The largest absolute Gasteiger partial charge is 0.352 e. The standard InChI is InChI=1S/C11H23N3O/c1-9(7-14(3)4)13-10(15)11(2)5-6-12-8-11/h9,12H,5-8H2,1-4H3,(H,13,15). The minimum Gasteiger partial charge on any atom is -0.352 e. The van der Waals surface area contributed by atoms with E-state index in [4.69, 9.17) is 0 Å². The van der Waals surface area contributed by atoms with Gasteiger partial charge in [0.15, 0.2) is 0 Å². The van der Waals surface area contributed by atoms with E-state index in [1.165, 1.54) is 0 Å². The molecule has 88 valence electrons. The molecule has 15 heavy (non-hydrogen) atoms. The molecule has 1 saturated heterocycles. The summed E-state index contributed by atoms with van der Waals surface area (Å²) in [5.41, 5.74) is -0.208. The predicted octanol–water partition coefficient (Wildman–Crippen LogP) is 0.0523. The molecule has 0 aromatic heterocycles. The van der Waals surface area contributed by atoms with Gasteiger partial charge in [0.25, 0.3) is 0 Å². The molecular formula is C11H23N3O.